The van der Waals surface area contributed by atoms with Gasteiger partial charge in [0, 0.05) is 0 Å². The van der Waals surface area contributed by atoms with Crippen molar-refractivity contribution in [3.8, 4) is 0 Å². The number of amides is 3. The topological polar surface area (TPSA) is 72.2 Å². The predicted octanol–water partition coefficient (Wildman–Crippen LogP) is 4.28. The number of alkyl halides is 1. The molecule has 0 spiro atoms. The number of imide groups is 1. The van der Waals surface area contributed by atoms with Gasteiger partial charge in [-0.25, -0.2) is 4.79 Å². The van der Waals surface area contributed by atoms with E-state index in [-0.39, 0.29) is 5.91 Å². The van der Waals surface area contributed by atoms with Gasteiger partial charge in [-0.2, -0.15) is 0 Å². The molecular weight excluding hydrogens is 320 g/mol. The highest BCUT2D eigenvalue weighted by Gasteiger charge is 2.32. The first-order valence-electron chi connectivity index (χ1n) is 7.28. The Morgan fingerprint density at radius 1 is 1.20 bits per heavy atom. The summed E-state index contributed by atoms with van der Waals surface area (Å²) < 4.78 is -0.665. The Labute approximate surface area is 131 Å². The van der Waals surface area contributed by atoms with Gasteiger partial charge < -0.3 is 5.73 Å². The summed E-state index contributed by atoms with van der Waals surface area (Å²) in [6.45, 7) is 9.61. The third-order valence-corrected chi connectivity index (χ3v) is 4.51. The summed E-state index contributed by atoms with van der Waals surface area (Å²) in [5.74, 6) is -0.375. The van der Waals surface area contributed by atoms with Crippen LogP contribution in [0.5, 0.6) is 0 Å². The number of nitrogens with two attached hydrogens (primary N) is 1. The minimum absolute atomic E-state index is 0.375. The molecule has 0 radical (unpaired) electrons. The fraction of sp³-hybridized carbons (Fsp3) is 0.733. The lowest BCUT2D eigenvalue weighted by molar-refractivity contribution is -0.122. The average molecular weight is 349 g/mol. The van der Waals surface area contributed by atoms with Gasteiger partial charge >= 0.3 is 6.03 Å². The van der Waals surface area contributed by atoms with Crippen molar-refractivity contribution in [3.63, 3.8) is 0 Å². The number of halogens is 1. The molecule has 0 aromatic rings. The maximum atomic E-state index is 11.3. The van der Waals surface area contributed by atoms with Gasteiger partial charge in [0.15, 0.2) is 0 Å². The van der Waals surface area contributed by atoms with Crippen molar-refractivity contribution in [1.29, 1.82) is 0 Å². The number of carbonyl (C=O) groups excluding carboxylic acids is 2. The van der Waals surface area contributed by atoms with Gasteiger partial charge in [-0.1, -0.05) is 62.0 Å². The largest absolute Gasteiger partial charge is 0.351 e. The quantitative estimate of drug-likeness (QED) is 0.390. The molecule has 0 heterocycles. The Kier molecular flexibility index (Phi) is 14.1. The number of primary amides is 1. The number of hydrogen-bond acceptors (Lipinski definition) is 2. The zero-order valence-corrected chi connectivity index (χ0v) is 14.6. The highest BCUT2D eigenvalue weighted by atomic mass is 79.9. The Morgan fingerprint density at radius 2 is 1.75 bits per heavy atom. The van der Waals surface area contributed by atoms with Gasteiger partial charge in [0.05, 0.1) is 0 Å². The van der Waals surface area contributed by atoms with Crippen LogP contribution in [0.4, 0.5) is 4.79 Å². The molecule has 0 aliphatic heterocycles. The first-order chi connectivity index (χ1) is 9.37. The molecule has 0 rings (SSSR count). The summed E-state index contributed by atoms with van der Waals surface area (Å²) in [4.78, 5) is 21.6. The number of allylic oxidation sites excluding steroid dienone is 1. The van der Waals surface area contributed by atoms with E-state index in [1.807, 2.05) is 25.2 Å². The summed E-state index contributed by atoms with van der Waals surface area (Å²) in [5, 5.41) is 2.04. The van der Waals surface area contributed by atoms with E-state index in [9.17, 15) is 9.59 Å². The fourth-order valence-electron chi connectivity index (χ4n) is 1.51. The number of carbonyl (C=O) groups is 2. The van der Waals surface area contributed by atoms with Crippen LogP contribution in [0.3, 0.4) is 0 Å². The van der Waals surface area contributed by atoms with E-state index in [1.54, 1.807) is 0 Å². The van der Waals surface area contributed by atoms with E-state index >= 15 is 0 Å². The van der Waals surface area contributed by atoms with E-state index in [2.05, 4.69) is 29.4 Å². The van der Waals surface area contributed by atoms with Crippen LogP contribution < -0.4 is 11.1 Å². The minimum atomic E-state index is -0.814. The summed E-state index contributed by atoms with van der Waals surface area (Å²) in [6, 6.07) is -0.814. The van der Waals surface area contributed by atoms with Crippen LogP contribution in [0.25, 0.3) is 0 Å². The van der Waals surface area contributed by atoms with Crippen molar-refractivity contribution in [1.82, 2.24) is 5.32 Å². The molecular formula is C15H29BrN2O2. The molecule has 3 amide bonds. The molecule has 0 aliphatic carbocycles. The molecule has 0 aromatic carbocycles. The number of urea groups is 1. The molecule has 0 fully saturated rings. The first-order valence-corrected chi connectivity index (χ1v) is 8.07. The van der Waals surface area contributed by atoms with Crippen LogP contribution >= 0.6 is 15.9 Å². The molecule has 0 aromatic heterocycles. The van der Waals surface area contributed by atoms with E-state index in [0.29, 0.717) is 12.8 Å². The van der Waals surface area contributed by atoms with E-state index in [4.69, 9.17) is 5.73 Å². The molecule has 0 bridgehead atoms. The standard InChI is InChI=1S/C8H16.C7H13BrN2O2/c1-3-5-7-8-6-4-2;1-3-7(8,4-2)5(11)10-6(9)12/h3H,1,4-8H2,2H3;3-4H2,1-2H3,(H3,9,10,11,12). The Bertz CT molecular complexity index is 290. The van der Waals surface area contributed by atoms with Gasteiger partial charge in [0.25, 0.3) is 0 Å². The molecule has 0 unspecified atom stereocenters. The third-order valence-electron chi connectivity index (χ3n) is 3.03. The molecule has 5 heteroatoms. The molecule has 20 heavy (non-hydrogen) atoms. The van der Waals surface area contributed by atoms with Gasteiger partial charge in [-0.05, 0) is 25.7 Å². The SMILES string of the molecule is C=CCCCCCC.CCC(Br)(CC)C(=O)NC(N)=O. The molecule has 118 valence electrons. The zero-order chi connectivity index (χ0) is 16.0. The lowest BCUT2D eigenvalue weighted by Crippen LogP contribution is -2.46. The van der Waals surface area contributed by atoms with Gasteiger partial charge in [0.1, 0.15) is 4.32 Å². The second-order valence-corrected chi connectivity index (χ2v) is 6.15. The number of hydrogen-bond donors (Lipinski definition) is 2. The predicted molar refractivity (Wildman–Crippen MR) is 88.9 cm³/mol. The Morgan fingerprint density at radius 3 is 2.10 bits per heavy atom. The number of unbranched alkanes of at least 4 members (excludes halogenated alkanes) is 4. The van der Waals surface area contributed by atoms with Crippen molar-refractivity contribution in [2.75, 3.05) is 0 Å². The molecule has 4 nitrogen and oxygen atoms in total. The van der Waals surface area contributed by atoms with Crippen molar-refractivity contribution in [3.05, 3.63) is 12.7 Å². The molecule has 0 aliphatic rings. The van der Waals surface area contributed by atoms with Crippen LogP contribution in [0.15, 0.2) is 12.7 Å². The van der Waals surface area contributed by atoms with Crippen molar-refractivity contribution in [2.45, 2.75) is 70.0 Å². The zero-order valence-electron chi connectivity index (χ0n) is 13.0. The third kappa shape index (κ3) is 11.0. The fourth-order valence-corrected chi connectivity index (χ4v) is 1.61. The molecule has 0 saturated carbocycles. The molecule has 0 saturated heterocycles. The van der Waals surface area contributed by atoms with Crippen molar-refractivity contribution < 1.29 is 9.59 Å². The van der Waals surface area contributed by atoms with Crippen LogP contribution in [0.1, 0.15) is 65.7 Å². The molecule has 3 N–H and O–H groups in total. The number of rotatable bonds is 8. The summed E-state index contributed by atoms with van der Waals surface area (Å²) >= 11 is 3.26. The lowest BCUT2D eigenvalue weighted by Gasteiger charge is -2.21. The van der Waals surface area contributed by atoms with Gasteiger partial charge in [0.2, 0.25) is 5.91 Å². The van der Waals surface area contributed by atoms with Crippen molar-refractivity contribution >= 4 is 27.9 Å². The normalized spacial score (nSPS) is 10.2. The second-order valence-electron chi connectivity index (χ2n) is 4.63. The Balaban J connectivity index is 0. The Hall–Kier alpha value is -0.840. The minimum Gasteiger partial charge on any atom is -0.351 e. The average Bonchev–Trinajstić information content (AvgIpc) is 2.42. The van der Waals surface area contributed by atoms with Crippen LogP contribution in [-0.4, -0.2) is 16.3 Å². The maximum Gasteiger partial charge on any atom is 0.318 e. The maximum absolute atomic E-state index is 11.3. The number of nitrogens with one attached hydrogen (secondary N) is 1. The monoisotopic (exact) mass is 348 g/mol. The highest BCUT2D eigenvalue weighted by Crippen LogP contribution is 2.26. The highest BCUT2D eigenvalue weighted by molar-refractivity contribution is 9.10. The second kappa shape index (κ2) is 13.2. The van der Waals surface area contributed by atoms with Crippen LogP contribution in [-0.2, 0) is 4.79 Å². The first kappa shape index (κ1) is 21.5. The summed E-state index contributed by atoms with van der Waals surface area (Å²) in [7, 11) is 0. The van der Waals surface area contributed by atoms with Gasteiger partial charge in [-0.15, -0.1) is 6.58 Å². The smallest absolute Gasteiger partial charge is 0.318 e. The van der Waals surface area contributed by atoms with Crippen LogP contribution in [0.2, 0.25) is 0 Å². The van der Waals surface area contributed by atoms with Crippen molar-refractivity contribution in [2.24, 2.45) is 5.73 Å². The van der Waals surface area contributed by atoms with E-state index < -0.39 is 10.4 Å². The van der Waals surface area contributed by atoms with E-state index in [1.165, 1.54) is 32.1 Å². The molecule has 0 atom stereocenters. The van der Waals surface area contributed by atoms with E-state index in [0.717, 1.165) is 0 Å². The van der Waals surface area contributed by atoms with Crippen LogP contribution in [0, 0.1) is 0 Å². The van der Waals surface area contributed by atoms with Gasteiger partial charge in [-0.3, -0.25) is 10.1 Å². The summed E-state index contributed by atoms with van der Waals surface area (Å²) in [6.07, 6.45) is 9.84. The summed E-state index contributed by atoms with van der Waals surface area (Å²) in [5.41, 5.74) is 4.81. The lowest BCUT2D eigenvalue weighted by atomic mass is 10.0.